The van der Waals surface area contributed by atoms with E-state index in [1.54, 1.807) is 31.4 Å². The van der Waals surface area contributed by atoms with E-state index >= 15 is 0 Å². The third-order valence-corrected chi connectivity index (χ3v) is 6.51. The number of hydrogen-bond donors (Lipinski definition) is 2. The van der Waals surface area contributed by atoms with Crippen LogP contribution in [0.15, 0.2) is 42.2 Å². The lowest BCUT2D eigenvalue weighted by atomic mass is 9.79. The van der Waals surface area contributed by atoms with Gasteiger partial charge in [0.25, 0.3) is 5.91 Å². The summed E-state index contributed by atoms with van der Waals surface area (Å²) in [6.45, 7) is 0. The van der Waals surface area contributed by atoms with E-state index in [4.69, 9.17) is 27.9 Å². The number of nitrogens with one attached hydrogen (secondary N) is 1. The smallest absolute Gasteiger partial charge is 0.256 e. The first kappa shape index (κ1) is 20.2. The second kappa shape index (κ2) is 7.63. The van der Waals surface area contributed by atoms with Gasteiger partial charge >= 0.3 is 0 Å². The van der Waals surface area contributed by atoms with Crippen LogP contribution in [-0.4, -0.2) is 29.8 Å². The van der Waals surface area contributed by atoms with Crippen LogP contribution in [0.1, 0.15) is 31.2 Å². The minimum absolute atomic E-state index is 0.0124. The summed E-state index contributed by atoms with van der Waals surface area (Å²) in [6, 6.07) is 9.55. The zero-order chi connectivity index (χ0) is 20.8. The molecule has 7 heteroatoms. The van der Waals surface area contributed by atoms with Gasteiger partial charge in [-0.15, -0.1) is 0 Å². The lowest BCUT2D eigenvalue weighted by Crippen LogP contribution is -2.48. The molecule has 2 aromatic carbocycles. The van der Waals surface area contributed by atoms with Gasteiger partial charge in [-0.1, -0.05) is 35.3 Å². The zero-order valence-corrected chi connectivity index (χ0v) is 17.3. The summed E-state index contributed by atoms with van der Waals surface area (Å²) < 4.78 is 19.3. The minimum Gasteiger partial charge on any atom is -0.509 e. The van der Waals surface area contributed by atoms with E-state index in [0.717, 1.165) is 12.8 Å². The van der Waals surface area contributed by atoms with Gasteiger partial charge in [-0.25, -0.2) is 4.39 Å². The Balaban J connectivity index is 1.75. The summed E-state index contributed by atoms with van der Waals surface area (Å²) in [5.41, 5.74) is 1.06. The molecule has 0 saturated heterocycles. The van der Waals surface area contributed by atoms with Crippen LogP contribution in [0, 0.1) is 5.82 Å². The van der Waals surface area contributed by atoms with Crippen molar-refractivity contribution in [1.29, 1.82) is 0 Å². The van der Waals surface area contributed by atoms with Crippen LogP contribution < -0.4 is 5.32 Å². The number of carbonyl (C=O) groups is 1. The Morgan fingerprint density at radius 3 is 2.34 bits per heavy atom. The molecule has 1 amide bonds. The van der Waals surface area contributed by atoms with Crippen LogP contribution in [-0.2, 0) is 9.53 Å². The van der Waals surface area contributed by atoms with E-state index in [0.29, 0.717) is 34.6 Å². The van der Waals surface area contributed by atoms with Gasteiger partial charge in [0.2, 0.25) is 0 Å². The summed E-state index contributed by atoms with van der Waals surface area (Å²) in [4.78, 5) is 12.8. The van der Waals surface area contributed by atoms with Crippen molar-refractivity contribution in [3.63, 3.8) is 0 Å². The van der Waals surface area contributed by atoms with Crippen molar-refractivity contribution in [2.24, 2.45) is 0 Å². The molecule has 1 aliphatic carbocycles. The predicted octanol–water partition coefficient (Wildman–Crippen LogP) is 5.53. The number of aliphatic hydroxyl groups excluding tert-OH is 1. The summed E-state index contributed by atoms with van der Waals surface area (Å²) >= 11 is 12.2. The molecule has 2 N–H and O–H groups in total. The second-order valence-electron chi connectivity index (χ2n) is 7.52. The lowest BCUT2D eigenvalue weighted by molar-refractivity contribution is -0.116. The van der Waals surface area contributed by atoms with E-state index in [9.17, 15) is 14.3 Å². The van der Waals surface area contributed by atoms with E-state index in [2.05, 4.69) is 5.32 Å². The van der Waals surface area contributed by atoms with Crippen molar-refractivity contribution in [2.45, 2.75) is 37.3 Å². The fraction of sp³-hybridized carbons (Fsp3) is 0.318. The minimum atomic E-state index is -0.785. The normalized spacial score (nSPS) is 24.3. The average molecular weight is 436 g/mol. The van der Waals surface area contributed by atoms with Crippen LogP contribution in [0.2, 0.25) is 10.0 Å². The van der Waals surface area contributed by atoms with Crippen molar-refractivity contribution in [2.75, 3.05) is 7.11 Å². The van der Waals surface area contributed by atoms with Crippen LogP contribution in [0.5, 0.6) is 0 Å². The van der Waals surface area contributed by atoms with Crippen molar-refractivity contribution >= 4 is 34.7 Å². The fourth-order valence-corrected chi connectivity index (χ4v) is 4.52. The van der Waals surface area contributed by atoms with Crippen LogP contribution in [0.4, 0.5) is 4.39 Å². The van der Waals surface area contributed by atoms with Gasteiger partial charge in [0.15, 0.2) is 0 Å². The fourth-order valence-electron chi connectivity index (χ4n) is 4.19. The number of carbonyl (C=O) groups excluding carboxylic acids is 1. The SMILES string of the molecule is CO[C@H]1CC[C@]2(CC1)NC(=O)C(c1cc(-c3ccc(Cl)c(F)c3)ccc1Cl)=C2O. The van der Waals surface area contributed by atoms with Gasteiger partial charge in [0.05, 0.1) is 22.2 Å². The monoisotopic (exact) mass is 435 g/mol. The van der Waals surface area contributed by atoms with Crippen molar-refractivity contribution in [3.8, 4) is 11.1 Å². The molecule has 1 saturated carbocycles. The maximum Gasteiger partial charge on any atom is 0.256 e. The highest BCUT2D eigenvalue weighted by Gasteiger charge is 2.48. The maximum absolute atomic E-state index is 13.9. The first-order valence-electron chi connectivity index (χ1n) is 9.39. The predicted molar refractivity (Wildman–Crippen MR) is 112 cm³/mol. The molecule has 1 fully saturated rings. The van der Waals surface area contributed by atoms with E-state index < -0.39 is 11.4 Å². The third kappa shape index (κ3) is 3.52. The number of amides is 1. The van der Waals surface area contributed by atoms with Gasteiger partial charge in [0, 0.05) is 17.7 Å². The van der Waals surface area contributed by atoms with Crippen molar-refractivity contribution in [3.05, 3.63) is 63.6 Å². The zero-order valence-electron chi connectivity index (χ0n) is 15.8. The van der Waals surface area contributed by atoms with Gasteiger partial charge in [0.1, 0.15) is 11.6 Å². The standard InChI is InChI=1S/C22H20Cl2FNO3/c1-29-14-6-8-22(9-7-14)20(27)19(21(28)26-22)15-10-12(2-4-16(15)23)13-3-5-17(24)18(25)11-13/h2-5,10-11,14,27H,6-9H2,1H3,(H,26,28)/t14-,22+. The molecule has 0 aromatic heterocycles. The third-order valence-electron chi connectivity index (χ3n) is 5.88. The Kier molecular flexibility index (Phi) is 5.32. The molecule has 29 heavy (non-hydrogen) atoms. The Morgan fingerprint density at radius 2 is 1.72 bits per heavy atom. The highest BCUT2D eigenvalue weighted by atomic mass is 35.5. The molecule has 152 valence electrons. The first-order chi connectivity index (χ1) is 13.8. The first-order valence-corrected chi connectivity index (χ1v) is 10.1. The Labute approximate surface area is 178 Å². The lowest BCUT2D eigenvalue weighted by Gasteiger charge is -2.36. The largest absolute Gasteiger partial charge is 0.509 e. The maximum atomic E-state index is 13.9. The molecule has 1 heterocycles. The summed E-state index contributed by atoms with van der Waals surface area (Å²) in [7, 11) is 1.67. The summed E-state index contributed by atoms with van der Waals surface area (Å²) in [6.07, 6.45) is 2.79. The summed E-state index contributed by atoms with van der Waals surface area (Å²) in [5.74, 6) is -0.881. The Morgan fingerprint density at radius 1 is 1.10 bits per heavy atom. The van der Waals surface area contributed by atoms with Gasteiger partial charge in [-0.05, 0) is 61.1 Å². The van der Waals surface area contributed by atoms with Gasteiger partial charge in [-0.2, -0.15) is 0 Å². The molecule has 1 aliphatic heterocycles. The number of hydrogen-bond acceptors (Lipinski definition) is 3. The van der Waals surface area contributed by atoms with Crippen LogP contribution in [0.3, 0.4) is 0 Å². The quantitative estimate of drug-likeness (QED) is 0.666. The average Bonchev–Trinajstić information content (AvgIpc) is 2.95. The molecule has 0 radical (unpaired) electrons. The van der Waals surface area contributed by atoms with Crippen molar-refractivity contribution in [1.82, 2.24) is 5.32 Å². The molecule has 4 rings (SSSR count). The number of ether oxygens (including phenoxy) is 1. The van der Waals surface area contributed by atoms with Crippen LogP contribution >= 0.6 is 23.2 Å². The number of aliphatic hydroxyl groups is 1. The second-order valence-corrected chi connectivity index (χ2v) is 8.33. The summed E-state index contributed by atoms with van der Waals surface area (Å²) in [5, 5.41) is 14.4. The molecule has 4 nitrogen and oxygen atoms in total. The Hall–Kier alpha value is -2.08. The van der Waals surface area contributed by atoms with Crippen molar-refractivity contribution < 1.29 is 19.0 Å². The molecule has 0 bridgehead atoms. The van der Waals surface area contributed by atoms with Crippen LogP contribution in [0.25, 0.3) is 16.7 Å². The Bertz CT molecular complexity index is 1010. The molecule has 2 aromatic rings. The molecular formula is C22H20Cl2FNO3. The molecular weight excluding hydrogens is 416 g/mol. The van der Waals surface area contributed by atoms with Gasteiger partial charge in [-0.3, -0.25) is 4.79 Å². The highest BCUT2D eigenvalue weighted by molar-refractivity contribution is 6.36. The topological polar surface area (TPSA) is 58.6 Å². The van der Waals surface area contributed by atoms with E-state index in [1.165, 1.54) is 12.1 Å². The number of methoxy groups -OCH3 is 1. The molecule has 0 unspecified atom stereocenters. The molecule has 2 aliphatic rings. The molecule has 0 atom stereocenters. The number of halogens is 3. The van der Waals surface area contributed by atoms with E-state index in [-0.39, 0.29) is 28.4 Å². The van der Waals surface area contributed by atoms with E-state index in [1.807, 2.05) is 0 Å². The van der Waals surface area contributed by atoms with Gasteiger partial charge < -0.3 is 15.2 Å². The number of rotatable bonds is 3. The molecule has 1 spiro atoms. The highest BCUT2D eigenvalue weighted by Crippen LogP contribution is 2.43. The number of benzene rings is 2.